The minimum atomic E-state index is -0.581. The molecule has 0 bridgehead atoms. The number of rotatable bonds is 12. The van der Waals surface area contributed by atoms with Gasteiger partial charge in [0.1, 0.15) is 0 Å². The summed E-state index contributed by atoms with van der Waals surface area (Å²) < 4.78 is 0. The van der Waals surface area contributed by atoms with Crippen molar-refractivity contribution in [3.63, 3.8) is 0 Å². The first-order valence-corrected chi connectivity index (χ1v) is 11.6. The number of aliphatic hydroxyl groups is 1. The van der Waals surface area contributed by atoms with Crippen LogP contribution in [0.5, 0.6) is 0 Å². The predicted octanol–water partition coefficient (Wildman–Crippen LogP) is 1.14. The fourth-order valence-corrected chi connectivity index (χ4v) is 2.22. The lowest BCUT2D eigenvalue weighted by Gasteiger charge is -2.23. The van der Waals surface area contributed by atoms with Gasteiger partial charge >= 0.3 is 6.03 Å². The molecule has 5 amide bonds. The van der Waals surface area contributed by atoms with Gasteiger partial charge in [-0.3, -0.25) is 14.4 Å². The van der Waals surface area contributed by atoms with Crippen molar-refractivity contribution in [1.82, 2.24) is 26.6 Å². The van der Waals surface area contributed by atoms with Crippen molar-refractivity contribution in [2.45, 2.75) is 67.7 Å². The molecule has 194 valence electrons. The highest BCUT2D eigenvalue weighted by atomic mass is 16.3. The summed E-state index contributed by atoms with van der Waals surface area (Å²) in [6.07, 6.45) is 1.87. The van der Waals surface area contributed by atoms with E-state index in [4.69, 9.17) is 5.11 Å². The second-order valence-corrected chi connectivity index (χ2v) is 9.91. The first-order chi connectivity index (χ1) is 15.2. The molecule has 6 N–H and O–H groups in total. The van der Waals surface area contributed by atoms with Crippen LogP contribution in [0.15, 0.2) is 0 Å². The van der Waals surface area contributed by atoms with Gasteiger partial charge in [0.05, 0.1) is 0 Å². The van der Waals surface area contributed by atoms with E-state index in [0.29, 0.717) is 44.9 Å². The highest BCUT2D eigenvalue weighted by Gasteiger charge is 2.26. The Morgan fingerprint density at radius 1 is 0.788 bits per heavy atom. The van der Waals surface area contributed by atoms with E-state index in [1.165, 1.54) is 0 Å². The van der Waals surface area contributed by atoms with Gasteiger partial charge in [-0.05, 0) is 18.8 Å². The SMILES string of the molecule is CC(C)(C)C(=O)NCCNC(=O)C(C)(C)CCO.CNC(=O)NCCNC(=O)CCC(C)C. The lowest BCUT2D eigenvalue weighted by Crippen LogP contribution is -2.43. The van der Waals surface area contributed by atoms with Gasteiger partial charge in [-0.1, -0.05) is 48.5 Å². The van der Waals surface area contributed by atoms with E-state index >= 15 is 0 Å². The molecule has 0 heterocycles. The maximum atomic E-state index is 11.8. The lowest BCUT2D eigenvalue weighted by molar-refractivity contribution is -0.131. The van der Waals surface area contributed by atoms with Crippen LogP contribution in [0.3, 0.4) is 0 Å². The zero-order chi connectivity index (χ0) is 26.1. The first-order valence-electron chi connectivity index (χ1n) is 11.6. The van der Waals surface area contributed by atoms with Crippen molar-refractivity contribution in [2.24, 2.45) is 16.7 Å². The van der Waals surface area contributed by atoms with E-state index in [1.807, 2.05) is 20.8 Å². The zero-order valence-electron chi connectivity index (χ0n) is 21.8. The molecular formula is C23H47N5O5. The van der Waals surface area contributed by atoms with Gasteiger partial charge in [0.25, 0.3) is 0 Å². The van der Waals surface area contributed by atoms with Crippen LogP contribution in [0.2, 0.25) is 0 Å². The number of hydrogen-bond donors (Lipinski definition) is 6. The Morgan fingerprint density at radius 3 is 1.73 bits per heavy atom. The fraction of sp³-hybridized carbons (Fsp3) is 0.826. The Kier molecular flexibility index (Phi) is 17.1. The second-order valence-electron chi connectivity index (χ2n) is 9.91. The largest absolute Gasteiger partial charge is 0.396 e. The molecule has 0 rings (SSSR count). The summed E-state index contributed by atoms with van der Waals surface area (Å²) >= 11 is 0. The standard InChI is InChI=1S/C13H26N2O3.C10H21N3O2/c1-12(2,3)10(17)14-7-8-15-11(18)13(4,5)6-9-16;1-8(2)4-5-9(14)12-6-7-13-10(15)11-3/h16H,6-9H2,1-5H3,(H,14,17)(H,15,18);8H,4-7H2,1-3H3,(H,12,14)(H2,11,13,15). The van der Waals surface area contributed by atoms with Crippen LogP contribution in [0.4, 0.5) is 4.79 Å². The lowest BCUT2D eigenvalue weighted by atomic mass is 9.89. The van der Waals surface area contributed by atoms with E-state index in [2.05, 4.69) is 40.4 Å². The fourth-order valence-electron chi connectivity index (χ4n) is 2.22. The average Bonchev–Trinajstić information content (AvgIpc) is 2.71. The molecule has 0 aliphatic rings. The van der Waals surface area contributed by atoms with Crippen molar-refractivity contribution < 1.29 is 24.3 Å². The molecule has 0 radical (unpaired) electrons. The van der Waals surface area contributed by atoms with Crippen molar-refractivity contribution in [1.29, 1.82) is 0 Å². The van der Waals surface area contributed by atoms with Crippen molar-refractivity contribution in [3.8, 4) is 0 Å². The van der Waals surface area contributed by atoms with Crippen molar-refractivity contribution in [3.05, 3.63) is 0 Å². The number of carbonyl (C=O) groups is 4. The monoisotopic (exact) mass is 473 g/mol. The molecule has 10 nitrogen and oxygen atoms in total. The van der Waals surface area contributed by atoms with Crippen LogP contribution in [-0.4, -0.2) is 68.7 Å². The number of hydrogen-bond acceptors (Lipinski definition) is 5. The van der Waals surface area contributed by atoms with Crippen LogP contribution >= 0.6 is 0 Å². The third-order valence-corrected chi connectivity index (χ3v) is 4.64. The molecule has 0 saturated heterocycles. The predicted molar refractivity (Wildman–Crippen MR) is 130 cm³/mol. The summed E-state index contributed by atoms with van der Waals surface area (Å²) in [5, 5.41) is 22.1. The highest BCUT2D eigenvalue weighted by molar-refractivity contribution is 5.82. The van der Waals surface area contributed by atoms with Gasteiger partial charge in [-0.25, -0.2) is 4.79 Å². The van der Waals surface area contributed by atoms with Gasteiger partial charge in [0, 0.05) is 57.1 Å². The summed E-state index contributed by atoms with van der Waals surface area (Å²) in [5.41, 5.74) is -0.997. The molecule has 10 heteroatoms. The zero-order valence-corrected chi connectivity index (χ0v) is 21.8. The Morgan fingerprint density at radius 2 is 1.27 bits per heavy atom. The van der Waals surface area contributed by atoms with Crippen LogP contribution in [-0.2, 0) is 14.4 Å². The van der Waals surface area contributed by atoms with E-state index in [0.717, 1.165) is 6.42 Å². The average molecular weight is 474 g/mol. The summed E-state index contributed by atoms with van der Waals surface area (Å²) in [6, 6.07) is -0.230. The van der Waals surface area contributed by atoms with Crippen molar-refractivity contribution >= 4 is 23.8 Å². The molecular weight excluding hydrogens is 426 g/mol. The molecule has 0 saturated carbocycles. The molecule has 0 aromatic heterocycles. The van der Waals surface area contributed by atoms with Gasteiger partial charge in [0.2, 0.25) is 17.7 Å². The molecule has 0 spiro atoms. The molecule has 33 heavy (non-hydrogen) atoms. The van der Waals surface area contributed by atoms with Gasteiger partial charge in [-0.2, -0.15) is 0 Å². The van der Waals surface area contributed by atoms with Crippen LogP contribution < -0.4 is 26.6 Å². The summed E-state index contributed by atoms with van der Waals surface area (Å²) in [6.45, 7) is 15.0. The normalized spacial score (nSPS) is 11.1. The molecule has 0 aromatic rings. The van der Waals surface area contributed by atoms with E-state index < -0.39 is 10.8 Å². The minimum absolute atomic E-state index is 0.0127. The molecule has 0 atom stereocenters. The van der Waals surface area contributed by atoms with Gasteiger partial charge < -0.3 is 31.7 Å². The summed E-state index contributed by atoms with van der Waals surface area (Å²) in [5.74, 6) is 0.440. The molecule has 0 fully saturated rings. The third kappa shape index (κ3) is 18.9. The Hall–Kier alpha value is -2.36. The van der Waals surface area contributed by atoms with Gasteiger partial charge in [0.15, 0.2) is 0 Å². The highest BCUT2D eigenvalue weighted by Crippen LogP contribution is 2.19. The molecule has 0 aliphatic carbocycles. The molecule has 0 aliphatic heterocycles. The van der Waals surface area contributed by atoms with Crippen molar-refractivity contribution in [2.75, 3.05) is 39.8 Å². The van der Waals surface area contributed by atoms with E-state index in [1.54, 1.807) is 20.9 Å². The Balaban J connectivity index is 0. The molecule has 0 aromatic carbocycles. The second kappa shape index (κ2) is 17.2. The van der Waals surface area contributed by atoms with E-state index in [9.17, 15) is 19.2 Å². The summed E-state index contributed by atoms with van der Waals surface area (Å²) in [4.78, 5) is 45.3. The van der Waals surface area contributed by atoms with Crippen LogP contribution in [0.1, 0.15) is 67.7 Å². The molecule has 0 unspecified atom stereocenters. The number of amides is 5. The number of carbonyl (C=O) groups excluding carboxylic acids is 4. The number of aliphatic hydroxyl groups excluding tert-OH is 1. The van der Waals surface area contributed by atoms with E-state index in [-0.39, 0.29) is 30.4 Å². The van der Waals surface area contributed by atoms with Gasteiger partial charge in [-0.15, -0.1) is 0 Å². The summed E-state index contributed by atoms with van der Waals surface area (Å²) in [7, 11) is 1.55. The maximum absolute atomic E-state index is 11.8. The number of urea groups is 1. The topological polar surface area (TPSA) is 149 Å². The Labute approximate surface area is 199 Å². The Bertz CT molecular complexity index is 601. The van der Waals surface area contributed by atoms with Crippen LogP contribution in [0, 0.1) is 16.7 Å². The minimum Gasteiger partial charge on any atom is -0.396 e. The number of nitrogens with one attached hydrogen (secondary N) is 5. The first kappa shape index (κ1) is 32.8. The maximum Gasteiger partial charge on any atom is 0.314 e. The smallest absolute Gasteiger partial charge is 0.314 e. The van der Waals surface area contributed by atoms with Crippen LogP contribution in [0.25, 0.3) is 0 Å². The third-order valence-electron chi connectivity index (χ3n) is 4.64. The quantitative estimate of drug-likeness (QED) is 0.235.